The monoisotopic (exact) mass is 270 g/mol. The molecule has 1 saturated heterocycles. The number of nitrogens with zero attached hydrogens (tertiary/aromatic N) is 2. The van der Waals surface area contributed by atoms with Crippen molar-refractivity contribution in [3.63, 3.8) is 0 Å². The standard InChI is InChI=1S/C18H26N2/c1-14(2)16-7-9-17(10-8-16)15(3)18(13-19)20-11-5-4-6-12-20/h7-10,14-15,18H,4-6,11-12H2,1-3H3. The average molecular weight is 270 g/mol. The van der Waals surface area contributed by atoms with Crippen LogP contribution in [-0.2, 0) is 0 Å². The molecule has 0 aliphatic carbocycles. The summed E-state index contributed by atoms with van der Waals surface area (Å²) in [4.78, 5) is 2.37. The van der Waals surface area contributed by atoms with Crippen LogP contribution in [0.1, 0.15) is 63.0 Å². The normalized spacial score (nSPS) is 19.6. The molecule has 0 radical (unpaired) electrons. The number of benzene rings is 1. The second-order valence-corrected chi connectivity index (χ2v) is 6.28. The summed E-state index contributed by atoms with van der Waals surface area (Å²) in [6, 6.07) is 11.4. The molecule has 0 aromatic heterocycles. The topological polar surface area (TPSA) is 27.0 Å². The number of nitriles is 1. The van der Waals surface area contributed by atoms with Crippen molar-refractivity contribution in [3.8, 4) is 6.07 Å². The number of rotatable bonds is 4. The molecule has 2 heteroatoms. The van der Waals surface area contributed by atoms with Crippen LogP contribution in [0, 0.1) is 11.3 Å². The summed E-state index contributed by atoms with van der Waals surface area (Å²) in [6.45, 7) is 8.76. The van der Waals surface area contributed by atoms with Gasteiger partial charge in [0.15, 0.2) is 0 Å². The molecular weight excluding hydrogens is 244 g/mol. The first-order valence-electron chi connectivity index (χ1n) is 7.87. The zero-order valence-electron chi connectivity index (χ0n) is 13.0. The molecule has 0 amide bonds. The van der Waals surface area contributed by atoms with E-state index in [0.717, 1.165) is 13.1 Å². The van der Waals surface area contributed by atoms with E-state index in [4.69, 9.17) is 0 Å². The van der Waals surface area contributed by atoms with E-state index >= 15 is 0 Å². The minimum absolute atomic E-state index is 0.0141. The fourth-order valence-electron chi connectivity index (χ4n) is 3.07. The van der Waals surface area contributed by atoms with Crippen molar-refractivity contribution in [2.24, 2.45) is 0 Å². The summed E-state index contributed by atoms with van der Waals surface area (Å²) in [5.74, 6) is 0.840. The second-order valence-electron chi connectivity index (χ2n) is 6.28. The Morgan fingerprint density at radius 1 is 0.950 bits per heavy atom. The van der Waals surface area contributed by atoms with Crippen molar-refractivity contribution in [2.75, 3.05) is 13.1 Å². The Labute approximate surface area is 123 Å². The zero-order valence-corrected chi connectivity index (χ0v) is 13.0. The van der Waals surface area contributed by atoms with Gasteiger partial charge in [0.25, 0.3) is 0 Å². The van der Waals surface area contributed by atoms with Crippen LogP contribution in [-0.4, -0.2) is 24.0 Å². The van der Waals surface area contributed by atoms with E-state index in [1.165, 1.54) is 30.4 Å². The van der Waals surface area contributed by atoms with Crippen LogP contribution in [0.3, 0.4) is 0 Å². The highest BCUT2D eigenvalue weighted by Crippen LogP contribution is 2.26. The highest BCUT2D eigenvalue weighted by Gasteiger charge is 2.26. The fraction of sp³-hybridized carbons (Fsp3) is 0.611. The second kappa shape index (κ2) is 6.90. The van der Waals surface area contributed by atoms with Crippen LogP contribution in [0.15, 0.2) is 24.3 Å². The van der Waals surface area contributed by atoms with E-state index in [1.54, 1.807) is 0 Å². The summed E-state index contributed by atoms with van der Waals surface area (Å²) in [6.07, 6.45) is 3.78. The first kappa shape index (κ1) is 15.1. The lowest BCUT2D eigenvalue weighted by Crippen LogP contribution is -2.41. The Morgan fingerprint density at radius 2 is 1.50 bits per heavy atom. The molecule has 0 spiro atoms. The van der Waals surface area contributed by atoms with Crippen molar-refractivity contribution < 1.29 is 0 Å². The van der Waals surface area contributed by atoms with Crippen molar-refractivity contribution >= 4 is 0 Å². The summed E-state index contributed by atoms with van der Waals surface area (Å²) in [5, 5.41) is 9.56. The average Bonchev–Trinajstić information content (AvgIpc) is 2.49. The van der Waals surface area contributed by atoms with Gasteiger partial charge in [-0.1, -0.05) is 51.5 Å². The molecule has 108 valence electrons. The van der Waals surface area contributed by atoms with E-state index < -0.39 is 0 Å². The molecule has 2 atom stereocenters. The number of hydrogen-bond donors (Lipinski definition) is 0. The Kier molecular flexibility index (Phi) is 5.20. The third kappa shape index (κ3) is 3.41. The van der Waals surface area contributed by atoms with Gasteiger partial charge in [0.1, 0.15) is 6.04 Å². The van der Waals surface area contributed by atoms with Crippen LogP contribution >= 0.6 is 0 Å². The molecule has 0 N–H and O–H groups in total. The molecule has 2 nitrogen and oxygen atoms in total. The fourth-order valence-corrected chi connectivity index (χ4v) is 3.07. The Morgan fingerprint density at radius 3 is 2.00 bits per heavy atom. The molecule has 0 saturated carbocycles. The van der Waals surface area contributed by atoms with Gasteiger partial charge in [0.05, 0.1) is 6.07 Å². The molecule has 1 aromatic rings. The molecule has 1 fully saturated rings. The predicted molar refractivity (Wildman–Crippen MR) is 83.8 cm³/mol. The van der Waals surface area contributed by atoms with Gasteiger partial charge in [-0.25, -0.2) is 0 Å². The van der Waals surface area contributed by atoms with Crippen LogP contribution < -0.4 is 0 Å². The lowest BCUT2D eigenvalue weighted by atomic mass is 9.90. The summed E-state index contributed by atoms with van der Waals surface area (Å²) < 4.78 is 0. The highest BCUT2D eigenvalue weighted by molar-refractivity contribution is 5.29. The minimum Gasteiger partial charge on any atom is -0.288 e. The molecule has 20 heavy (non-hydrogen) atoms. The van der Waals surface area contributed by atoms with Gasteiger partial charge in [0.2, 0.25) is 0 Å². The number of likely N-dealkylation sites (tertiary alicyclic amines) is 1. The molecular formula is C18H26N2. The van der Waals surface area contributed by atoms with Gasteiger partial charge in [-0.15, -0.1) is 0 Å². The maximum Gasteiger partial charge on any atom is 0.104 e. The Hall–Kier alpha value is -1.33. The van der Waals surface area contributed by atoms with Crippen LogP contribution in [0.25, 0.3) is 0 Å². The SMILES string of the molecule is CC(C)c1ccc(C(C)C(C#N)N2CCCCC2)cc1. The number of piperidine rings is 1. The Bertz CT molecular complexity index is 449. The van der Waals surface area contributed by atoms with Crippen LogP contribution in [0.5, 0.6) is 0 Å². The molecule has 1 heterocycles. The third-order valence-electron chi connectivity index (χ3n) is 4.52. The lowest BCUT2D eigenvalue weighted by molar-refractivity contribution is 0.179. The predicted octanol–water partition coefficient (Wildman–Crippen LogP) is 4.29. The van der Waals surface area contributed by atoms with E-state index in [1.807, 2.05) is 0 Å². The van der Waals surface area contributed by atoms with Crippen LogP contribution in [0.4, 0.5) is 0 Å². The zero-order chi connectivity index (χ0) is 14.5. The van der Waals surface area contributed by atoms with E-state index in [0.29, 0.717) is 5.92 Å². The van der Waals surface area contributed by atoms with Gasteiger partial charge < -0.3 is 0 Å². The summed E-state index contributed by atoms with van der Waals surface area (Å²) >= 11 is 0. The maximum absolute atomic E-state index is 9.56. The lowest BCUT2D eigenvalue weighted by Gasteiger charge is -2.34. The third-order valence-corrected chi connectivity index (χ3v) is 4.52. The van der Waals surface area contributed by atoms with Gasteiger partial charge >= 0.3 is 0 Å². The molecule has 2 rings (SSSR count). The van der Waals surface area contributed by atoms with Crippen molar-refractivity contribution in [3.05, 3.63) is 35.4 Å². The van der Waals surface area contributed by atoms with Crippen molar-refractivity contribution in [2.45, 2.75) is 57.9 Å². The number of hydrogen-bond acceptors (Lipinski definition) is 2. The summed E-state index contributed by atoms with van der Waals surface area (Å²) in [5.41, 5.74) is 2.65. The largest absolute Gasteiger partial charge is 0.288 e. The van der Waals surface area contributed by atoms with Gasteiger partial charge in [-0.2, -0.15) is 5.26 Å². The van der Waals surface area contributed by atoms with E-state index in [-0.39, 0.29) is 12.0 Å². The Balaban J connectivity index is 2.11. The molecule has 1 aliphatic heterocycles. The molecule has 1 aliphatic rings. The van der Waals surface area contributed by atoms with Crippen molar-refractivity contribution in [1.29, 1.82) is 5.26 Å². The first-order chi connectivity index (χ1) is 9.63. The van der Waals surface area contributed by atoms with Crippen LogP contribution in [0.2, 0.25) is 0 Å². The first-order valence-corrected chi connectivity index (χ1v) is 7.87. The van der Waals surface area contributed by atoms with E-state index in [9.17, 15) is 5.26 Å². The van der Waals surface area contributed by atoms with Crippen molar-refractivity contribution in [1.82, 2.24) is 4.90 Å². The molecule has 1 aromatic carbocycles. The summed E-state index contributed by atoms with van der Waals surface area (Å²) in [7, 11) is 0. The van der Waals surface area contributed by atoms with Gasteiger partial charge in [-0.3, -0.25) is 4.90 Å². The van der Waals surface area contributed by atoms with E-state index in [2.05, 4.69) is 56.0 Å². The quantitative estimate of drug-likeness (QED) is 0.816. The van der Waals surface area contributed by atoms with Gasteiger partial charge in [0, 0.05) is 5.92 Å². The van der Waals surface area contributed by atoms with Gasteiger partial charge in [-0.05, 0) is 43.0 Å². The smallest absolute Gasteiger partial charge is 0.104 e. The molecule has 2 unspecified atom stereocenters. The highest BCUT2D eigenvalue weighted by atomic mass is 15.2. The molecule has 0 bridgehead atoms. The maximum atomic E-state index is 9.56. The minimum atomic E-state index is 0.0141.